The number of nitrogens with zero attached hydrogens (tertiary/aromatic N) is 1. The van der Waals surface area contributed by atoms with E-state index in [9.17, 15) is 4.79 Å². The number of carbonyl (C=O) groups is 1. The Morgan fingerprint density at radius 3 is 2.88 bits per heavy atom. The molecular formula is C11H21N3O2. The number of ether oxygens (including phenoxy) is 1. The molecule has 1 unspecified atom stereocenters. The summed E-state index contributed by atoms with van der Waals surface area (Å²) in [4.78, 5) is 13.6. The standard InChI is InChI=1S/C11H21N3O2/c15-11(14-5-7-16-8-6-14)13-9-10-3-1-2-4-12-10/h10,12H,1-9H2,(H,13,15). The third kappa shape index (κ3) is 3.35. The highest BCUT2D eigenvalue weighted by molar-refractivity contribution is 5.74. The van der Waals surface area contributed by atoms with Gasteiger partial charge in [-0.15, -0.1) is 0 Å². The number of nitrogens with one attached hydrogen (secondary N) is 2. The summed E-state index contributed by atoms with van der Waals surface area (Å²) in [6.07, 6.45) is 3.70. The normalized spacial score (nSPS) is 26.5. The number of hydrogen-bond acceptors (Lipinski definition) is 3. The molecular weight excluding hydrogens is 206 g/mol. The molecule has 2 N–H and O–H groups in total. The van der Waals surface area contributed by atoms with E-state index in [1.165, 1.54) is 19.3 Å². The summed E-state index contributed by atoms with van der Waals surface area (Å²) >= 11 is 0. The Morgan fingerprint density at radius 2 is 2.19 bits per heavy atom. The summed E-state index contributed by atoms with van der Waals surface area (Å²) < 4.78 is 5.21. The van der Waals surface area contributed by atoms with Gasteiger partial charge in [-0.2, -0.15) is 0 Å². The molecule has 0 saturated carbocycles. The maximum Gasteiger partial charge on any atom is 0.317 e. The van der Waals surface area contributed by atoms with E-state index in [2.05, 4.69) is 10.6 Å². The number of piperidine rings is 1. The van der Waals surface area contributed by atoms with Crippen LogP contribution in [0.25, 0.3) is 0 Å². The van der Waals surface area contributed by atoms with Gasteiger partial charge in [-0.3, -0.25) is 0 Å². The fourth-order valence-electron chi connectivity index (χ4n) is 2.19. The number of carbonyl (C=O) groups excluding carboxylic acids is 1. The number of morpholine rings is 1. The number of urea groups is 1. The maximum atomic E-state index is 11.8. The quantitative estimate of drug-likeness (QED) is 0.707. The van der Waals surface area contributed by atoms with E-state index in [1.807, 2.05) is 4.90 Å². The van der Waals surface area contributed by atoms with Crippen LogP contribution in [-0.4, -0.2) is 56.4 Å². The Hall–Kier alpha value is -0.810. The van der Waals surface area contributed by atoms with Crippen molar-refractivity contribution in [1.82, 2.24) is 15.5 Å². The van der Waals surface area contributed by atoms with Gasteiger partial charge in [0.05, 0.1) is 13.2 Å². The predicted molar refractivity (Wildman–Crippen MR) is 61.4 cm³/mol. The van der Waals surface area contributed by atoms with Crippen molar-refractivity contribution in [2.75, 3.05) is 39.4 Å². The molecule has 0 aliphatic carbocycles. The molecule has 2 heterocycles. The third-order valence-electron chi connectivity index (χ3n) is 3.21. The molecule has 2 fully saturated rings. The first kappa shape index (κ1) is 11.7. The smallest absolute Gasteiger partial charge is 0.317 e. The zero-order chi connectivity index (χ0) is 11.2. The number of hydrogen-bond donors (Lipinski definition) is 2. The van der Waals surface area contributed by atoms with E-state index >= 15 is 0 Å². The van der Waals surface area contributed by atoms with E-state index in [4.69, 9.17) is 4.74 Å². The first-order valence-corrected chi connectivity index (χ1v) is 6.20. The van der Waals surface area contributed by atoms with Crippen molar-refractivity contribution in [3.8, 4) is 0 Å². The molecule has 92 valence electrons. The van der Waals surface area contributed by atoms with Crippen LogP contribution in [-0.2, 0) is 4.74 Å². The second-order valence-corrected chi connectivity index (χ2v) is 4.43. The van der Waals surface area contributed by atoms with Gasteiger partial charge >= 0.3 is 6.03 Å². The van der Waals surface area contributed by atoms with Crippen molar-refractivity contribution in [3.63, 3.8) is 0 Å². The number of amides is 2. The minimum absolute atomic E-state index is 0.0515. The van der Waals surface area contributed by atoms with Crippen molar-refractivity contribution in [1.29, 1.82) is 0 Å². The second-order valence-electron chi connectivity index (χ2n) is 4.43. The second kappa shape index (κ2) is 6.06. The molecule has 0 aromatic heterocycles. The highest BCUT2D eigenvalue weighted by Crippen LogP contribution is 2.06. The molecule has 2 amide bonds. The van der Waals surface area contributed by atoms with Gasteiger partial charge in [0, 0.05) is 25.7 Å². The predicted octanol–water partition coefficient (Wildman–Crippen LogP) is 0.170. The monoisotopic (exact) mass is 227 g/mol. The zero-order valence-electron chi connectivity index (χ0n) is 9.71. The average molecular weight is 227 g/mol. The Morgan fingerprint density at radius 1 is 1.38 bits per heavy atom. The Labute approximate surface area is 96.5 Å². The molecule has 0 aromatic carbocycles. The Balaban J connectivity index is 1.65. The molecule has 1 atom stereocenters. The third-order valence-corrected chi connectivity index (χ3v) is 3.21. The molecule has 0 bridgehead atoms. The fraction of sp³-hybridized carbons (Fsp3) is 0.909. The highest BCUT2D eigenvalue weighted by atomic mass is 16.5. The van der Waals surface area contributed by atoms with Crippen LogP contribution >= 0.6 is 0 Å². The van der Waals surface area contributed by atoms with E-state index in [1.54, 1.807) is 0 Å². The summed E-state index contributed by atoms with van der Waals surface area (Å²) in [5, 5.41) is 6.41. The van der Waals surface area contributed by atoms with Gasteiger partial charge in [-0.05, 0) is 19.4 Å². The lowest BCUT2D eigenvalue weighted by atomic mass is 10.1. The fourth-order valence-corrected chi connectivity index (χ4v) is 2.19. The average Bonchev–Trinajstić information content (AvgIpc) is 2.38. The molecule has 0 spiro atoms. The van der Waals surface area contributed by atoms with Gasteiger partial charge in [0.25, 0.3) is 0 Å². The van der Waals surface area contributed by atoms with Crippen molar-refractivity contribution in [2.45, 2.75) is 25.3 Å². The minimum Gasteiger partial charge on any atom is -0.378 e. The first-order valence-electron chi connectivity index (χ1n) is 6.20. The molecule has 0 radical (unpaired) electrons. The zero-order valence-corrected chi connectivity index (χ0v) is 9.71. The molecule has 5 heteroatoms. The van der Waals surface area contributed by atoms with Crippen LogP contribution in [0.1, 0.15) is 19.3 Å². The van der Waals surface area contributed by atoms with Gasteiger partial charge < -0.3 is 20.3 Å². The van der Waals surface area contributed by atoms with Crippen molar-refractivity contribution in [3.05, 3.63) is 0 Å². The van der Waals surface area contributed by atoms with Crippen molar-refractivity contribution >= 4 is 6.03 Å². The Bertz CT molecular complexity index is 223. The molecule has 2 rings (SSSR count). The maximum absolute atomic E-state index is 11.8. The van der Waals surface area contributed by atoms with Crippen LogP contribution < -0.4 is 10.6 Å². The van der Waals surface area contributed by atoms with E-state index in [-0.39, 0.29) is 6.03 Å². The summed E-state index contributed by atoms with van der Waals surface area (Å²) in [6, 6.07) is 0.509. The Kier molecular flexibility index (Phi) is 4.42. The summed E-state index contributed by atoms with van der Waals surface area (Å²) in [7, 11) is 0. The van der Waals surface area contributed by atoms with Crippen LogP contribution in [0.15, 0.2) is 0 Å². The van der Waals surface area contributed by atoms with E-state index in [0.29, 0.717) is 32.3 Å². The van der Waals surface area contributed by atoms with E-state index in [0.717, 1.165) is 13.1 Å². The van der Waals surface area contributed by atoms with Gasteiger partial charge in [0.15, 0.2) is 0 Å². The highest BCUT2D eigenvalue weighted by Gasteiger charge is 2.18. The summed E-state index contributed by atoms with van der Waals surface area (Å²) in [5.41, 5.74) is 0. The van der Waals surface area contributed by atoms with Gasteiger partial charge in [0.2, 0.25) is 0 Å². The molecule has 16 heavy (non-hydrogen) atoms. The van der Waals surface area contributed by atoms with Gasteiger partial charge in [-0.25, -0.2) is 4.79 Å². The van der Waals surface area contributed by atoms with Gasteiger partial charge in [0.1, 0.15) is 0 Å². The van der Waals surface area contributed by atoms with Crippen molar-refractivity contribution < 1.29 is 9.53 Å². The molecule has 5 nitrogen and oxygen atoms in total. The topological polar surface area (TPSA) is 53.6 Å². The van der Waals surface area contributed by atoms with Gasteiger partial charge in [-0.1, -0.05) is 6.42 Å². The van der Waals surface area contributed by atoms with Crippen LogP contribution in [0.2, 0.25) is 0 Å². The van der Waals surface area contributed by atoms with E-state index < -0.39 is 0 Å². The first-order chi connectivity index (χ1) is 7.86. The van der Waals surface area contributed by atoms with Crippen LogP contribution in [0.3, 0.4) is 0 Å². The molecule has 2 aliphatic heterocycles. The molecule has 2 aliphatic rings. The summed E-state index contributed by atoms with van der Waals surface area (Å²) in [5.74, 6) is 0. The van der Waals surface area contributed by atoms with Crippen LogP contribution in [0.5, 0.6) is 0 Å². The van der Waals surface area contributed by atoms with Crippen LogP contribution in [0.4, 0.5) is 4.79 Å². The molecule has 0 aromatic rings. The SMILES string of the molecule is O=C(NCC1CCCCN1)N1CCOCC1. The lowest BCUT2D eigenvalue weighted by Gasteiger charge is -2.29. The lowest BCUT2D eigenvalue weighted by molar-refractivity contribution is 0.0530. The molecule has 2 saturated heterocycles. The number of rotatable bonds is 2. The minimum atomic E-state index is 0.0515. The largest absolute Gasteiger partial charge is 0.378 e. The summed E-state index contributed by atoms with van der Waals surface area (Å²) in [6.45, 7) is 4.58. The lowest BCUT2D eigenvalue weighted by Crippen LogP contribution is -2.50. The van der Waals surface area contributed by atoms with Crippen molar-refractivity contribution in [2.24, 2.45) is 0 Å². The van der Waals surface area contributed by atoms with Crippen LogP contribution in [0, 0.1) is 0 Å².